The maximum atomic E-state index is 11.7. The molecule has 0 aromatic carbocycles. The Kier molecular flexibility index (Phi) is 5.49. The Morgan fingerprint density at radius 2 is 1.68 bits per heavy atom. The molecule has 2 rings (SSSR count). The highest BCUT2D eigenvalue weighted by Crippen LogP contribution is 2.44. The van der Waals surface area contributed by atoms with Crippen molar-refractivity contribution in [2.24, 2.45) is 11.3 Å². The lowest BCUT2D eigenvalue weighted by Gasteiger charge is -2.20. The molecule has 2 fully saturated rings. The van der Waals surface area contributed by atoms with E-state index in [0.29, 0.717) is 12.5 Å². The highest BCUT2D eigenvalue weighted by molar-refractivity contribution is 5.73. The van der Waals surface area contributed by atoms with Gasteiger partial charge < -0.3 is 15.7 Å². The van der Waals surface area contributed by atoms with Gasteiger partial charge in [0.2, 0.25) is 0 Å². The molecule has 3 N–H and O–H groups in total. The van der Waals surface area contributed by atoms with E-state index in [1.807, 2.05) is 0 Å². The maximum absolute atomic E-state index is 11.7. The van der Waals surface area contributed by atoms with E-state index >= 15 is 0 Å². The molecule has 110 valence electrons. The van der Waals surface area contributed by atoms with E-state index in [1.54, 1.807) is 0 Å². The average Bonchev–Trinajstić information content (AvgIpc) is 3.16. The van der Waals surface area contributed by atoms with Gasteiger partial charge in [-0.1, -0.05) is 32.1 Å². The zero-order valence-corrected chi connectivity index (χ0v) is 11.9. The van der Waals surface area contributed by atoms with Crippen LogP contribution in [0.5, 0.6) is 0 Å². The Morgan fingerprint density at radius 3 is 2.26 bits per heavy atom. The molecule has 0 aliphatic heterocycles. The van der Waals surface area contributed by atoms with E-state index in [-0.39, 0.29) is 18.1 Å². The molecule has 0 unspecified atom stereocenters. The van der Waals surface area contributed by atoms with Crippen molar-refractivity contribution < 1.29 is 9.90 Å². The van der Waals surface area contributed by atoms with E-state index in [4.69, 9.17) is 0 Å². The summed E-state index contributed by atoms with van der Waals surface area (Å²) in [4.78, 5) is 11.7. The fourth-order valence-electron chi connectivity index (χ4n) is 2.88. The van der Waals surface area contributed by atoms with Gasteiger partial charge in [0.1, 0.15) is 0 Å². The second-order valence-corrected chi connectivity index (χ2v) is 6.43. The minimum atomic E-state index is -0.0678. The third-order valence-corrected chi connectivity index (χ3v) is 4.69. The monoisotopic (exact) mass is 268 g/mol. The van der Waals surface area contributed by atoms with Crippen molar-refractivity contribution in [1.29, 1.82) is 0 Å². The standard InChI is InChI=1S/C15H28N2O2/c18-12-15(8-9-15)11-17-14(19)16-10-13-6-4-2-1-3-5-7-13/h13,18H,1-12H2,(H2,16,17,19). The normalized spacial score (nSPS) is 23.2. The molecule has 4 heteroatoms. The number of rotatable bonds is 5. The number of carbonyl (C=O) groups excluding carboxylic acids is 1. The van der Waals surface area contributed by atoms with Gasteiger partial charge in [-0.2, -0.15) is 0 Å². The van der Waals surface area contributed by atoms with Gasteiger partial charge in [0.15, 0.2) is 0 Å². The Balaban J connectivity index is 1.59. The van der Waals surface area contributed by atoms with Crippen LogP contribution in [0, 0.1) is 11.3 Å². The first-order valence-corrected chi connectivity index (χ1v) is 7.87. The SMILES string of the molecule is O=C(NCC1CCCCCCC1)NCC1(CO)CC1. The van der Waals surface area contributed by atoms with E-state index in [9.17, 15) is 9.90 Å². The summed E-state index contributed by atoms with van der Waals surface area (Å²) < 4.78 is 0. The predicted molar refractivity (Wildman–Crippen MR) is 76.0 cm³/mol. The minimum Gasteiger partial charge on any atom is -0.396 e. The summed E-state index contributed by atoms with van der Waals surface area (Å²) in [6, 6.07) is -0.0678. The van der Waals surface area contributed by atoms with E-state index in [1.165, 1.54) is 44.9 Å². The van der Waals surface area contributed by atoms with Crippen LogP contribution in [-0.2, 0) is 0 Å². The molecular formula is C15H28N2O2. The van der Waals surface area contributed by atoms with Gasteiger partial charge in [-0.15, -0.1) is 0 Å². The Morgan fingerprint density at radius 1 is 1.05 bits per heavy atom. The topological polar surface area (TPSA) is 61.4 Å². The van der Waals surface area contributed by atoms with Gasteiger partial charge >= 0.3 is 6.03 Å². The Hall–Kier alpha value is -0.770. The molecule has 0 saturated heterocycles. The maximum Gasteiger partial charge on any atom is 0.314 e. The van der Waals surface area contributed by atoms with Gasteiger partial charge in [0, 0.05) is 18.5 Å². The van der Waals surface area contributed by atoms with Crippen LogP contribution in [0.15, 0.2) is 0 Å². The van der Waals surface area contributed by atoms with Crippen molar-refractivity contribution in [3.05, 3.63) is 0 Å². The summed E-state index contributed by atoms with van der Waals surface area (Å²) >= 11 is 0. The molecule has 4 nitrogen and oxygen atoms in total. The number of hydrogen-bond acceptors (Lipinski definition) is 2. The smallest absolute Gasteiger partial charge is 0.314 e. The zero-order chi connectivity index (χ0) is 13.6. The second-order valence-electron chi connectivity index (χ2n) is 6.43. The summed E-state index contributed by atoms with van der Waals surface area (Å²) in [5.41, 5.74) is -0.00240. The van der Waals surface area contributed by atoms with Gasteiger partial charge in [0.25, 0.3) is 0 Å². The average molecular weight is 268 g/mol. The first-order chi connectivity index (χ1) is 9.24. The number of nitrogens with one attached hydrogen (secondary N) is 2. The largest absolute Gasteiger partial charge is 0.396 e. The van der Waals surface area contributed by atoms with Gasteiger partial charge in [-0.25, -0.2) is 4.79 Å². The van der Waals surface area contributed by atoms with Crippen molar-refractivity contribution in [1.82, 2.24) is 10.6 Å². The molecule has 19 heavy (non-hydrogen) atoms. The van der Waals surface area contributed by atoms with Crippen LogP contribution in [0.2, 0.25) is 0 Å². The van der Waals surface area contributed by atoms with Crippen LogP contribution in [0.4, 0.5) is 4.79 Å². The number of amides is 2. The molecule has 0 radical (unpaired) electrons. The molecular weight excluding hydrogens is 240 g/mol. The predicted octanol–water partition coefficient (Wildman–Crippen LogP) is 2.42. The second kappa shape index (κ2) is 7.13. The molecule has 0 bridgehead atoms. The van der Waals surface area contributed by atoms with Crippen LogP contribution >= 0.6 is 0 Å². The van der Waals surface area contributed by atoms with E-state index < -0.39 is 0 Å². The lowest BCUT2D eigenvalue weighted by atomic mass is 9.91. The van der Waals surface area contributed by atoms with Gasteiger partial charge in [0.05, 0.1) is 6.61 Å². The quantitative estimate of drug-likeness (QED) is 0.717. The van der Waals surface area contributed by atoms with Crippen LogP contribution in [0.1, 0.15) is 57.8 Å². The minimum absolute atomic E-state index is 0.00240. The lowest BCUT2D eigenvalue weighted by Crippen LogP contribution is -2.41. The van der Waals surface area contributed by atoms with Gasteiger partial charge in [-0.05, 0) is 31.6 Å². The summed E-state index contributed by atoms with van der Waals surface area (Å²) in [5, 5.41) is 15.1. The van der Waals surface area contributed by atoms with E-state index in [2.05, 4.69) is 10.6 Å². The summed E-state index contributed by atoms with van der Waals surface area (Å²) in [6.45, 7) is 1.61. The number of hydrogen-bond donors (Lipinski definition) is 3. The van der Waals surface area contributed by atoms with Crippen LogP contribution in [0.25, 0.3) is 0 Å². The number of carbonyl (C=O) groups is 1. The molecule has 0 spiro atoms. The van der Waals surface area contributed by atoms with Crippen LogP contribution in [0.3, 0.4) is 0 Å². The highest BCUT2D eigenvalue weighted by atomic mass is 16.3. The molecule has 2 amide bonds. The molecule has 2 aliphatic carbocycles. The summed E-state index contributed by atoms with van der Waals surface area (Å²) in [7, 11) is 0. The van der Waals surface area contributed by atoms with Crippen LogP contribution < -0.4 is 10.6 Å². The molecule has 0 aromatic heterocycles. The Labute approximate surface area is 116 Å². The third kappa shape index (κ3) is 5.01. The first kappa shape index (κ1) is 14.6. The van der Waals surface area contributed by atoms with Crippen molar-refractivity contribution in [3.8, 4) is 0 Å². The Bertz CT molecular complexity index is 282. The summed E-state index contributed by atoms with van der Waals surface area (Å²) in [6.07, 6.45) is 11.3. The fraction of sp³-hybridized carbons (Fsp3) is 0.933. The molecule has 0 heterocycles. The zero-order valence-electron chi connectivity index (χ0n) is 11.9. The highest BCUT2D eigenvalue weighted by Gasteiger charge is 2.42. The third-order valence-electron chi connectivity index (χ3n) is 4.69. The molecule has 2 saturated carbocycles. The molecule has 0 atom stereocenters. The molecule has 2 aliphatic rings. The first-order valence-electron chi connectivity index (χ1n) is 7.87. The van der Waals surface area contributed by atoms with Crippen molar-refractivity contribution >= 4 is 6.03 Å². The number of aliphatic hydroxyl groups excluding tert-OH is 1. The van der Waals surface area contributed by atoms with Crippen LogP contribution in [-0.4, -0.2) is 30.8 Å². The van der Waals surface area contributed by atoms with Crippen molar-refractivity contribution in [2.45, 2.75) is 57.8 Å². The lowest BCUT2D eigenvalue weighted by molar-refractivity contribution is 0.202. The number of urea groups is 1. The van der Waals surface area contributed by atoms with Gasteiger partial charge in [-0.3, -0.25) is 0 Å². The summed E-state index contributed by atoms with van der Waals surface area (Å²) in [5.74, 6) is 0.652. The fourth-order valence-corrected chi connectivity index (χ4v) is 2.88. The van der Waals surface area contributed by atoms with Crippen molar-refractivity contribution in [2.75, 3.05) is 19.7 Å². The number of aliphatic hydroxyl groups is 1. The molecule has 0 aromatic rings. The van der Waals surface area contributed by atoms with E-state index in [0.717, 1.165) is 19.4 Å². The van der Waals surface area contributed by atoms with Crippen molar-refractivity contribution in [3.63, 3.8) is 0 Å².